The van der Waals surface area contributed by atoms with Crippen LogP contribution >= 0.6 is 0 Å². The monoisotopic (exact) mass is 365 g/mol. The third kappa shape index (κ3) is 6.03. The molecule has 0 bridgehead atoms. The predicted molar refractivity (Wildman–Crippen MR) is 93.9 cm³/mol. The molecule has 7 heteroatoms. The van der Waals surface area contributed by atoms with E-state index in [-0.39, 0.29) is 10.8 Å². The fraction of sp³-hybridized carbons (Fsp3) is 0.389. The van der Waals surface area contributed by atoms with Gasteiger partial charge in [-0.1, -0.05) is 12.1 Å². The highest BCUT2D eigenvalue weighted by molar-refractivity contribution is 7.90. The molecule has 0 unspecified atom stereocenters. The number of carbonyl (C=O) groups is 1. The first kappa shape index (κ1) is 19.2. The molecule has 2 aromatic rings. The quantitative estimate of drug-likeness (QED) is 0.681. The highest BCUT2D eigenvalue weighted by Gasteiger charge is 2.15. The molecule has 0 fully saturated rings. The van der Waals surface area contributed by atoms with Crippen LogP contribution < -0.4 is 0 Å². The minimum Gasteiger partial charge on any atom is -0.472 e. The van der Waals surface area contributed by atoms with Crippen molar-refractivity contribution in [3.05, 3.63) is 54.0 Å². The Morgan fingerprint density at radius 3 is 2.44 bits per heavy atom. The normalized spacial score (nSPS) is 11.4. The van der Waals surface area contributed by atoms with Gasteiger partial charge >= 0.3 is 0 Å². The molecular formula is C18H23NO5S. The van der Waals surface area contributed by atoms with Crippen LogP contribution in [0, 0.1) is 0 Å². The zero-order valence-electron chi connectivity index (χ0n) is 14.5. The van der Waals surface area contributed by atoms with Crippen molar-refractivity contribution >= 4 is 15.7 Å². The fourth-order valence-electron chi connectivity index (χ4n) is 2.41. The summed E-state index contributed by atoms with van der Waals surface area (Å²) in [5.41, 5.74) is 1.86. The van der Waals surface area contributed by atoms with Gasteiger partial charge in [-0.05, 0) is 30.2 Å². The Bertz CT molecular complexity index is 766. The van der Waals surface area contributed by atoms with Crippen molar-refractivity contribution in [1.82, 2.24) is 4.90 Å². The number of hydrogen-bond donors (Lipinski definition) is 0. The van der Waals surface area contributed by atoms with Crippen molar-refractivity contribution in [3.8, 4) is 0 Å². The van der Waals surface area contributed by atoms with Gasteiger partial charge in [0.25, 0.3) is 0 Å². The lowest BCUT2D eigenvalue weighted by Gasteiger charge is -2.22. The van der Waals surface area contributed by atoms with Gasteiger partial charge in [0, 0.05) is 38.4 Å². The molecule has 6 nitrogen and oxygen atoms in total. The summed E-state index contributed by atoms with van der Waals surface area (Å²) in [5.74, 6) is 0.0189. The molecule has 1 heterocycles. The lowest BCUT2D eigenvalue weighted by molar-refractivity contribution is -0.132. The van der Waals surface area contributed by atoms with E-state index >= 15 is 0 Å². The summed E-state index contributed by atoms with van der Waals surface area (Å²) in [6.07, 6.45) is 5.28. The smallest absolute Gasteiger partial charge is 0.223 e. The SMILES string of the molecule is COCCN(Cc1ccoc1)C(=O)CCc1ccc(S(C)(=O)=O)cc1. The molecule has 0 aliphatic heterocycles. The van der Waals surface area contributed by atoms with Gasteiger partial charge in [0.15, 0.2) is 9.84 Å². The van der Waals surface area contributed by atoms with E-state index in [4.69, 9.17) is 9.15 Å². The Morgan fingerprint density at radius 1 is 1.16 bits per heavy atom. The van der Waals surface area contributed by atoms with Crippen molar-refractivity contribution < 1.29 is 22.4 Å². The van der Waals surface area contributed by atoms with Crippen molar-refractivity contribution in [3.63, 3.8) is 0 Å². The first-order chi connectivity index (χ1) is 11.9. The summed E-state index contributed by atoms with van der Waals surface area (Å²) in [6, 6.07) is 8.47. The topological polar surface area (TPSA) is 76.8 Å². The number of sulfone groups is 1. The molecule has 0 aliphatic rings. The number of benzene rings is 1. The van der Waals surface area contributed by atoms with E-state index in [0.717, 1.165) is 11.1 Å². The molecule has 0 saturated heterocycles. The van der Waals surface area contributed by atoms with E-state index in [1.807, 2.05) is 6.07 Å². The average Bonchev–Trinajstić information content (AvgIpc) is 3.09. The molecule has 1 aromatic carbocycles. The van der Waals surface area contributed by atoms with Gasteiger partial charge in [0.05, 0.1) is 24.0 Å². The van der Waals surface area contributed by atoms with Crippen LogP contribution in [0.15, 0.2) is 52.2 Å². The predicted octanol–water partition coefficient (Wildman–Crippen LogP) is 2.29. The van der Waals surface area contributed by atoms with E-state index in [1.165, 1.54) is 6.26 Å². The molecule has 0 aliphatic carbocycles. The number of methoxy groups -OCH3 is 1. The third-order valence-corrected chi connectivity index (χ3v) is 4.98. The second kappa shape index (κ2) is 8.82. The summed E-state index contributed by atoms with van der Waals surface area (Å²) in [6.45, 7) is 1.45. The van der Waals surface area contributed by atoms with Gasteiger partial charge < -0.3 is 14.1 Å². The number of hydrogen-bond acceptors (Lipinski definition) is 5. The van der Waals surface area contributed by atoms with Crippen LogP contribution in [0.2, 0.25) is 0 Å². The van der Waals surface area contributed by atoms with Crippen LogP contribution in [0.5, 0.6) is 0 Å². The first-order valence-electron chi connectivity index (χ1n) is 7.97. The molecule has 0 radical (unpaired) electrons. The van der Waals surface area contributed by atoms with E-state index in [0.29, 0.717) is 32.5 Å². The Balaban J connectivity index is 1.95. The number of rotatable bonds is 9. The van der Waals surface area contributed by atoms with Gasteiger partial charge in [0.1, 0.15) is 0 Å². The summed E-state index contributed by atoms with van der Waals surface area (Å²) in [5, 5.41) is 0. The zero-order valence-corrected chi connectivity index (χ0v) is 15.3. The number of carbonyl (C=O) groups excluding carboxylic acids is 1. The van der Waals surface area contributed by atoms with Gasteiger partial charge in [-0.15, -0.1) is 0 Å². The van der Waals surface area contributed by atoms with Crippen LogP contribution in [0.3, 0.4) is 0 Å². The Kier molecular flexibility index (Phi) is 6.78. The molecule has 25 heavy (non-hydrogen) atoms. The molecule has 1 amide bonds. The molecule has 0 saturated carbocycles. The lowest BCUT2D eigenvalue weighted by Crippen LogP contribution is -2.33. The van der Waals surface area contributed by atoms with Crippen molar-refractivity contribution in [2.45, 2.75) is 24.3 Å². The van der Waals surface area contributed by atoms with Gasteiger partial charge in [-0.2, -0.15) is 0 Å². The van der Waals surface area contributed by atoms with E-state index in [2.05, 4.69) is 0 Å². The minimum atomic E-state index is -3.20. The summed E-state index contributed by atoms with van der Waals surface area (Å²) >= 11 is 0. The molecule has 136 valence electrons. The molecular weight excluding hydrogens is 342 g/mol. The van der Waals surface area contributed by atoms with Crippen molar-refractivity contribution in [2.24, 2.45) is 0 Å². The fourth-order valence-corrected chi connectivity index (χ4v) is 3.04. The third-order valence-electron chi connectivity index (χ3n) is 3.85. The number of aryl methyl sites for hydroxylation is 1. The van der Waals surface area contributed by atoms with Crippen LogP contribution in [0.1, 0.15) is 17.5 Å². The van der Waals surface area contributed by atoms with Crippen LogP contribution in [0.25, 0.3) is 0 Å². The Hall–Kier alpha value is -2.12. The second-order valence-electron chi connectivity index (χ2n) is 5.86. The van der Waals surface area contributed by atoms with E-state index < -0.39 is 9.84 Å². The maximum Gasteiger partial charge on any atom is 0.223 e. The molecule has 1 aromatic heterocycles. The van der Waals surface area contributed by atoms with Crippen molar-refractivity contribution in [2.75, 3.05) is 26.5 Å². The lowest BCUT2D eigenvalue weighted by atomic mass is 10.1. The number of amides is 1. The molecule has 0 N–H and O–H groups in total. The van der Waals surface area contributed by atoms with E-state index in [1.54, 1.807) is 48.8 Å². The molecule has 2 rings (SSSR count). The van der Waals surface area contributed by atoms with Gasteiger partial charge in [0.2, 0.25) is 5.91 Å². The number of furan rings is 1. The van der Waals surface area contributed by atoms with Gasteiger partial charge in [-0.25, -0.2) is 8.42 Å². The summed E-state index contributed by atoms with van der Waals surface area (Å²) < 4.78 is 33.1. The van der Waals surface area contributed by atoms with Gasteiger partial charge in [-0.3, -0.25) is 4.79 Å². The van der Waals surface area contributed by atoms with Crippen LogP contribution in [0.4, 0.5) is 0 Å². The zero-order chi connectivity index (χ0) is 18.3. The number of nitrogens with zero attached hydrogens (tertiary/aromatic N) is 1. The highest BCUT2D eigenvalue weighted by Crippen LogP contribution is 2.13. The minimum absolute atomic E-state index is 0.0189. The average molecular weight is 365 g/mol. The standard InChI is InChI=1S/C18H23NO5S/c1-23-12-10-19(13-16-9-11-24-14-16)18(20)8-5-15-3-6-17(7-4-15)25(2,21)22/h3-4,6-7,9,11,14H,5,8,10,12-13H2,1-2H3. The molecule has 0 spiro atoms. The Labute approximate surface area is 148 Å². The van der Waals surface area contributed by atoms with Crippen molar-refractivity contribution in [1.29, 1.82) is 0 Å². The van der Waals surface area contributed by atoms with Crippen LogP contribution in [-0.2, 0) is 32.3 Å². The maximum absolute atomic E-state index is 12.5. The maximum atomic E-state index is 12.5. The largest absolute Gasteiger partial charge is 0.472 e. The number of ether oxygens (including phenoxy) is 1. The van der Waals surface area contributed by atoms with Crippen LogP contribution in [-0.4, -0.2) is 45.7 Å². The first-order valence-corrected chi connectivity index (χ1v) is 9.86. The summed E-state index contributed by atoms with van der Waals surface area (Å²) in [4.78, 5) is 14.5. The second-order valence-corrected chi connectivity index (χ2v) is 7.87. The molecule has 0 atom stereocenters. The Morgan fingerprint density at radius 2 is 1.88 bits per heavy atom. The summed E-state index contributed by atoms with van der Waals surface area (Å²) in [7, 11) is -1.60. The highest BCUT2D eigenvalue weighted by atomic mass is 32.2. The van der Waals surface area contributed by atoms with E-state index in [9.17, 15) is 13.2 Å².